The summed E-state index contributed by atoms with van der Waals surface area (Å²) in [5, 5.41) is 3.10. The van der Waals surface area contributed by atoms with Crippen molar-refractivity contribution in [1.29, 1.82) is 0 Å². The summed E-state index contributed by atoms with van der Waals surface area (Å²) in [6, 6.07) is -0.775. The molecule has 2 fully saturated rings. The average molecular weight is 339 g/mol. The van der Waals surface area contributed by atoms with Crippen molar-refractivity contribution in [3.05, 3.63) is 0 Å². The maximum absolute atomic E-state index is 12.4. The van der Waals surface area contributed by atoms with Gasteiger partial charge in [0.05, 0.1) is 7.11 Å². The van der Waals surface area contributed by atoms with Gasteiger partial charge in [-0.3, -0.25) is 14.4 Å². The van der Waals surface area contributed by atoms with Crippen LogP contribution >= 0.6 is 0 Å². The number of hydrogen-bond donors (Lipinski definition) is 2. The van der Waals surface area contributed by atoms with E-state index in [1.165, 1.54) is 7.11 Å². The molecule has 0 saturated carbocycles. The third-order valence-electron chi connectivity index (χ3n) is 5.09. The van der Waals surface area contributed by atoms with Crippen LogP contribution in [0.1, 0.15) is 46.5 Å². The van der Waals surface area contributed by atoms with Crippen LogP contribution in [-0.4, -0.2) is 54.5 Å². The van der Waals surface area contributed by atoms with Crippen molar-refractivity contribution in [2.45, 2.75) is 58.0 Å². The molecule has 136 valence electrons. The van der Waals surface area contributed by atoms with Gasteiger partial charge in [-0.1, -0.05) is 20.8 Å². The molecule has 24 heavy (non-hydrogen) atoms. The summed E-state index contributed by atoms with van der Waals surface area (Å²) in [4.78, 5) is 38.0. The molecule has 2 rings (SSSR count). The largest absolute Gasteiger partial charge is 0.468 e. The minimum absolute atomic E-state index is 0.0510. The minimum Gasteiger partial charge on any atom is -0.468 e. The molecule has 2 atom stereocenters. The van der Waals surface area contributed by atoms with Crippen molar-refractivity contribution < 1.29 is 19.1 Å². The fourth-order valence-electron chi connectivity index (χ4n) is 3.66. The Balaban J connectivity index is 1.94. The van der Waals surface area contributed by atoms with Crippen LogP contribution in [0.5, 0.6) is 0 Å². The van der Waals surface area contributed by atoms with Crippen molar-refractivity contribution in [2.75, 3.05) is 20.2 Å². The van der Waals surface area contributed by atoms with E-state index in [0.29, 0.717) is 25.9 Å². The third kappa shape index (κ3) is 3.88. The van der Waals surface area contributed by atoms with Crippen LogP contribution in [0, 0.1) is 11.3 Å². The Kier molecular flexibility index (Phi) is 5.22. The van der Waals surface area contributed by atoms with Gasteiger partial charge in [-0.15, -0.1) is 0 Å². The molecule has 0 aromatic heterocycles. The Labute approximate surface area is 143 Å². The third-order valence-corrected chi connectivity index (χ3v) is 5.09. The van der Waals surface area contributed by atoms with Gasteiger partial charge in [0.15, 0.2) is 0 Å². The van der Waals surface area contributed by atoms with Crippen molar-refractivity contribution >= 4 is 17.8 Å². The van der Waals surface area contributed by atoms with Crippen LogP contribution < -0.4 is 11.1 Å². The lowest BCUT2D eigenvalue weighted by molar-refractivity contribution is -0.143. The van der Waals surface area contributed by atoms with Crippen molar-refractivity contribution in [1.82, 2.24) is 10.2 Å². The number of nitrogens with two attached hydrogens (primary N) is 1. The van der Waals surface area contributed by atoms with Gasteiger partial charge >= 0.3 is 5.97 Å². The molecule has 0 aromatic rings. The highest BCUT2D eigenvalue weighted by Crippen LogP contribution is 2.37. The number of carbonyl (C=O) groups is 3. The van der Waals surface area contributed by atoms with E-state index >= 15 is 0 Å². The molecule has 0 aliphatic carbocycles. The number of ether oxygens (including phenoxy) is 1. The number of nitrogens with zero attached hydrogens (tertiary/aromatic N) is 1. The molecule has 2 aliphatic rings. The first kappa shape index (κ1) is 18.7. The number of carbonyl (C=O) groups excluding carboxylic acids is 3. The molecular weight excluding hydrogens is 310 g/mol. The van der Waals surface area contributed by atoms with E-state index in [2.05, 4.69) is 10.1 Å². The summed E-state index contributed by atoms with van der Waals surface area (Å²) in [6.45, 7) is 7.04. The zero-order chi connectivity index (χ0) is 18.1. The Morgan fingerprint density at radius 1 is 1.38 bits per heavy atom. The number of methoxy groups -OCH3 is 1. The van der Waals surface area contributed by atoms with Crippen LogP contribution in [0.3, 0.4) is 0 Å². The van der Waals surface area contributed by atoms with Gasteiger partial charge in [0, 0.05) is 30.0 Å². The van der Waals surface area contributed by atoms with E-state index in [1.807, 2.05) is 25.7 Å². The van der Waals surface area contributed by atoms with Crippen LogP contribution in [0.4, 0.5) is 0 Å². The molecule has 2 heterocycles. The normalized spacial score (nSPS) is 24.6. The van der Waals surface area contributed by atoms with Crippen molar-refractivity contribution in [3.63, 3.8) is 0 Å². The molecule has 2 amide bonds. The Bertz CT molecular complexity index is 518. The van der Waals surface area contributed by atoms with Gasteiger partial charge in [0.1, 0.15) is 6.04 Å². The van der Waals surface area contributed by atoms with Crippen LogP contribution in [0.15, 0.2) is 0 Å². The monoisotopic (exact) mass is 339 g/mol. The topological polar surface area (TPSA) is 102 Å². The first-order valence-corrected chi connectivity index (χ1v) is 8.53. The van der Waals surface area contributed by atoms with Crippen LogP contribution in [0.25, 0.3) is 0 Å². The molecule has 7 heteroatoms. The second-order valence-electron chi connectivity index (χ2n) is 8.08. The summed E-state index contributed by atoms with van der Waals surface area (Å²) in [6.07, 6.45) is 2.44. The molecular formula is C17H29N3O4. The summed E-state index contributed by atoms with van der Waals surface area (Å²) in [5.41, 5.74) is 5.13. The van der Waals surface area contributed by atoms with E-state index in [4.69, 9.17) is 5.73 Å². The van der Waals surface area contributed by atoms with E-state index in [1.54, 1.807) is 0 Å². The number of piperidine rings is 1. The molecule has 1 unspecified atom stereocenters. The molecule has 0 radical (unpaired) electrons. The average Bonchev–Trinajstić information content (AvgIpc) is 2.81. The molecule has 1 spiro atoms. The summed E-state index contributed by atoms with van der Waals surface area (Å²) in [7, 11) is 1.29. The highest BCUT2D eigenvalue weighted by Gasteiger charge is 2.47. The van der Waals surface area contributed by atoms with E-state index < -0.39 is 12.0 Å². The zero-order valence-corrected chi connectivity index (χ0v) is 15.1. The number of likely N-dealkylation sites (tertiary alicyclic amines) is 1. The number of rotatable bonds is 3. The summed E-state index contributed by atoms with van der Waals surface area (Å²) >= 11 is 0. The lowest BCUT2D eigenvalue weighted by atomic mass is 9.81. The number of esters is 1. The van der Waals surface area contributed by atoms with Crippen molar-refractivity contribution in [2.24, 2.45) is 17.1 Å². The molecule has 0 aromatic carbocycles. The maximum atomic E-state index is 12.4. The van der Waals surface area contributed by atoms with Gasteiger partial charge in [-0.25, -0.2) is 0 Å². The standard InChI is InChI=1S/C17H29N3O4/c1-16(2,3)15(23)20-7-5-17(6-8-20)10-11(13(21)19-17)9-12(18)14(22)24-4/h11-12H,5-10,18H2,1-4H3,(H,19,21)/t11?,12-/m0/s1. The second-order valence-corrected chi connectivity index (χ2v) is 8.08. The van der Waals surface area contributed by atoms with E-state index in [0.717, 1.165) is 12.8 Å². The number of amides is 2. The van der Waals surface area contributed by atoms with Crippen LogP contribution in [0.2, 0.25) is 0 Å². The highest BCUT2D eigenvalue weighted by molar-refractivity contribution is 5.84. The van der Waals surface area contributed by atoms with Gasteiger partial charge < -0.3 is 20.7 Å². The first-order valence-electron chi connectivity index (χ1n) is 8.53. The number of hydrogen-bond acceptors (Lipinski definition) is 5. The molecule has 7 nitrogen and oxygen atoms in total. The highest BCUT2D eigenvalue weighted by atomic mass is 16.5. The fourth-order valence-corrected chi connectivity index (χ4v) is 3.66. The maximum Gasteiger partial charge on any atom is 0.322 e. The minimum atomic E-state index is -0.775. The molecule has 2 aliphatic heterocycles. The molecule has 3 N–H and O–H groups in total. The Morgan fingerprint density at radius 2 is 1.96 bits per heavy atom. The van der Waals surface area contributed by atoms with Gasteiger partial charge in [0.25, 0.3) is 0 Å². The quantitative estimate of drug-likeness (QED) is 0.726. The Morgan fingerprint density at radius 3 is 2.46 bits per heavy atom. The number of nitrogens with one attached hydrogen (secondary N) is 1. The van der Waals surface area contributed by atoms with Gasteiger partial charge in [-0.2, -0.15) is 0 Å². The second kappa shape index (κ2) is 6.70. The summed E-state index contributed by atoms with van der Waals surface area (Å²) in [5.74, 6) is -0.672. The van der Waals surface area contributed by atoms with Gasteiger partial charge in [-0.05, 0) is 25.7 Å². The predicted octanol–water partition coefficient (Wildman–Crippen LogP) is 0.420. The van der Waals surface area contributed by atoms with Crippen molar-refractivity contribution in [3.8, 4) is 0 Å². The van der Waals surface area contributed by atoms with E-state index in [-0.39, 0.29) is 28.7 Å². The molecule has 0 bridgehead atoms. The SMILES string of the molecule is COC(=O)[C@@H](N)CC1CC2(CCN(C(=O)C(C)(C)C)CC2)NC1=O. The Hall–Kier alpha value is -1.63. The lowest BCUT2D eigenvalue weighted by Gasteiger charge is -2.41. The summed E-state index contributed by atoms with van der Waals surface area (Å²) < 4.78 is 4.63. The smallest absolute Gasteiger partial charge is 0.322 e. The lowest BCUT2D eigenvalue weighted by Crippen LogP contribution is -2.53. The van der Waals surface area contributed by atoms with E-state index in [9.17, 15) is 14.4 Å². The van der Waals surface area contributed by atoms with Gasteiger partial charge in [0.2, 0.25) is 11.8 Å². The zero-order valence-electron chi connectivity index (χ0n) is 15.1. The van der Waals surface area contributed by atoms with Crippen LogP contribution in [-0.2, 0) is 19.1 Å². The predicted molar refractivity (Wildman–Crippen MR) is 88.9 cm³/mol. The fraction of sp³-hybridized carbons (Fsp3) is 0.824. The first-order chi connectivity index (χ1) is 11.1. The molecule has 2 saturated heterocycles.